The van der Waals surface area contributed by atoms with Gasteiger partial charge in [-0.1, -0.05) is 6.92 Å². The van der Waals surface area contributed by atoms with Crippen molar-refractivity contribution >= 4 is 17.4 Å². The van der Waals surface area contributed by atoms with Gasteiger partial charge in [0.2, 0.25) is 5.78 Å². The van der Waals surface area contributed by atoms with Crippen LogP contribution in [0.1, 0.15) is 32.6 Å². The Morgan fingerprint density at radius 3 is 2.65 bits per heavy atom. The second kappa shape index (κ2) is 7.89. The normalized spacial score (nSPS) is 15.5. The molecule has 1 aromatic heterocycles. The predicted octanol–water partition coefficient (Wildman–Crippen LogP) is 0.482. The number of anilines is 1. The number of nitrogens with zero attached hydrogens (tertiary/aromatic N) is 3. The molecule has 0 bridgehead atoms. The molecule has 0 atom stereocenters. The van der Waals surface area contributed by atoms with Crippen molar-refractivity contribution in [1.29, 1.82) is 0 Å². The first-order valence-corrected chi connectivity index (χ1v) is 8.10. The molecular formula is C16H24N4O3. The Bertz CT molecular complexity index is 618. The molecule has 1 aliphatic rings. The monoisotopic (exact) mass is 320 g/mol. The number of amides is 1. The minimum Gasteiger partial charge on any atom is -0.370 e. The highest BCUT2D eigenvalue weighted by Gasteiger charge is 2.21. The van der Waals surface area contributed by atoms with Gasteiger partial charge in [0.25, 0.3) is 11.5 Å². The van der Waals surface area contributed by atoms with E-state index >= 15 is 0 Å². The van der Waals surface area contributed by atoms with Gasteiger partial charge in [0, 0.05) is 39.2 Å². The zero-order valence-electron chi connectivity index (χ0n) is 13.7. The SMILES string of the molecule is CCCC(=O)C(=O)NCC1CCN(c2cnn(C)c(=O)c2)CC1. The molecule has 0 radical (unpaired) electrons. The number of Topliss-reactive ketones (excluding diaryl/α,β-unsaturated/α-hetero) is 1. The first-order chi connectivity index (χ1) is 11.0. The van der Waals surface area contributed by atoms with Crippen LogP contribution >= 0.6 is 0 Å². The first-order valence-electron chi connectivity index (χ1n) is 8.10. The molecule has 1 N–H and O–H groups in total. The van der Waals surface area contributed by atoms with E-state index in [0.717, 1.165) is 31.6 Å². The molecule has 0 saturated carbocycles. The molecule has 7 nitrogen and oxygen atoms in total. The summed E-state index contributed by atoms with van der Waals surface area (Å²) in [4.78, 5) is 36.8. The van der Waals surface area contributed by atoms with Gasteiger partial charge in [-0.25, -0.2) is 4.68 Å². The first kappa shape index (κ1) is 17.2. The molecule has 23 heavy (non-hydrogen) atoms. The fourth-order valence-corrected chi connectivity index (χ4v) is 2.70. The van der Waals surface area contributed by atoms with E-state index < -0.39 is 5.91 Å². The molecule has 0 spiro atoms. The number of hydrogen-bond donors (Lipinski definition) is 1. The smallest absolute Gasteiger partial charge is 0.287 e. The molecule has 1 aliphatic heterocycles. The maximum absolute atomic E-state index is 11.6. The number of nitrogens with one attached hydrogen (secondary N) is 1. The maximum Gasteiger partial charge on any atom is 0.287 e. The van der Waals surface area contributed by atoms with Crippen LogP contribution in [0.25, 0.3) is 0 Å². The van der Waals surface area contributed by atoms with Crippen LogP contribution < -0.4 is 15.8 Å². The van der Waals surface area contributed by atoms with E-state index in [1.165, 1.54) is 4.68 Å². The highest BCUT2D eigenvalue weighted by Crippen LogP contribution is 2.21. The minimum absolute atomic E-state index is 0.119. The van der Waals surface area contributed by atoms with Crippen LogP contribution in [0.4, 0.5) is 5.69 Å². The molecular weight excluding hydrogens is 296 g/mol. The van der Waals surface area contributed by atoms with E-state index in [2.05, 4.69) is 15.3 Å². The summed E-state index contributed by atoms with van der Waals surface area (Å²) in [5, 5.41) is 6.77. The largest absolute Gasteiger partial charge is 0.370 e. The highest BCUT2D eigenvalue weighted by atomic mass is 16.2. The second-order valence-electron chi connectivity index (χ2n) is 5.99. The van der Waals surface area contributed by atoms with Crippen molar-refractivity contribution in [3.63, 3.8) is 0 Å². The van der Waals surface area contributed by atoms with Gasteiger partial charge in [0.1, 0.15) is 0 Å². The predicted molar refractivity (Wildman–Crippen MR) is 87.3 cm³/mol. The third-order valence-electron chi connectivity index (χ3n) is 4.21. The van der Waals surface area contributed by atoms with Gasteiger partial charge >= 0.3 is 0 Å². The molecule has 1 aromatic rings. The number of aryl methyl sites for hydroxylation is 1. The summed E-state index contributed by atoms with van der Waals surface area (Å²) in [6.07, 6.45) is 4.53. The van der Waals surface area contributed by atoms with Crippen LogP contribution in [0.5, 0.6) is 0 Å². The molecule has 0 unspecified atom stereocenters. The molecule has 1 saturated heterocycles. The number of piperidine rings is 1. The highest BCUT2D eigenvalue weighted by molar-refractivity contribution is 6.36. The third-order valence-corrected chi connectivity index (χ3v) is 4.21. The van der Waals surface area contributed by atoms with Crippen molar-refractivity contribution in [1.82, 2.24) is 15.1 Å². The Kier molecular flexibility index (Phi) is 5.90. The lowest BCUT2D eigenvalue weighted by molar-refractivity contribution is -0.138. The van der Waals surface area contributed by atoms with Gasteiger partial charge in [0.15, 0.2) is 0 Å². The van der Waals surface area contributed by atoms with Crippen LogP contribution in [-0.4, -0.2) is 41.1 Å². The summed E-state index contributed by atoms with van der Waals surface area (Å²) >= 11 is 0. The van der Waals surface area contributed by atoms with E-state index in [9.17, 15) is 14.4 Å². The molecule has 1 fully saturated rings. The van der Waals surface area contributed by atoms with Crippen LogP contribution in [0, 0.1) is 5.92 Å². The van der Waals surface area contributed by atoms with Crippen molar-refractivity contribution in [2.24, 2.45) is 13.0 Å². The zero-order chi connectivity index (χ0) is 16.8. The second-order valence-corrected chi connectivity index (χ2v) is 5.99. The number of ketones is 1. The fourth-order valence-electron chi connectivity index (χ4n) is 2.70. The lowest BCUT2D eigenvalue weighted by Crippen LogP contribution is -2.40. The van der Waals surface area contributed by atoms with E-state index in [0.29, 0.717) is 25.3 Å². The van der Waals surface area contributed by atoms with Gasteiger partial charge in [-0.3, -0.25) is 14.4 Å². The molecule has 7 heteroatoms. The minimum atomic E-state index is -0.468. The van der Waals surface area contributed by atoms with Crippen molar-refractivity contribution in [2.45, 2.75) is 32.6 Å². The van der Waals surface area contributed by atoms with E-state index in [1.807, 2.05) is 6.92 Å². The Balaban J connectivity index is 1.79. The van der Waals surface area contributed by atoms with Crippen molar-refractivity contribution in [3.05, 3.63) is 22.6 Å². The number of carbonyl (C=O) groups excluding carboxylic acids is 2. The van der Waals surface area contributed by atoms with Gasteiger partial charge in [-0.2, -0.15) is 5.10 Å². The number of hydrogen-bond acceptors (Lipinski definition) is 5. The van der Waals surface area contributed by atoms with Crippen molar-refractivity contribution < 1.29 is 9.59 Å². The van der Waals surface area contributed by atoms with E-state index in [1.54, 1.807) is 19.3 Å². The molecule has 126 valence electrons. The van der Waals surface area contributed by atoms with Gasteiger partial charge in [-0.05, 0) is 25.2 Å². The summed E-state index contributed by atoms with van der Waals surface area (Å²) < 4.78 is 1.30. The van der Waals surface area contributed by atoms with Gasteiger partial charge in [-0.15, -0.1) is 0 Å². The van der Waals surface area contributed by atoms with Gasteiger partial charge < -0.3 is 10.2 Å². The topological polar surface area (TPSA) is 84.3 Å². The number of carbonyl (C=O) groups is 2. The van der Waals surface area contributed by atoms with Crippen LogP contribution in [-0.2, 0) is 16.6 Å². The lowest BCUT2D eigenvalue weighted by atomic mass is 9.96. The molecule has 1 amide bonds. The van der Waals surface area contributed by atoms with Gasteiger partial charge in [0.05, 0.1) is 11.9 Å². The summed E-state index contributed by atoms with van der Waals surface area (Å²) in [7, 11) is 1.63. The molecule has 0 aromatic carbocycles. The average molecular weight is 320 g/mol. The number of aromatic nitrogens is 2. The Hall–Kier alpha value is -2.18. The third kappa shape index (κ3) is 4.64. The number of rotatable bonds is 6. The Labute approximate surface area is 135 Å². The Morgan fingerprint density at radius 2 is 2.04 bits per heavy atom. The molecule has 2 heterocycles. The quantitative estimate of drug-likeness (QED) is 0.771. The van der Waals surface area contributed by atoms with Crippen LogP contribution in [0.3, 0.4) is 0 Å². The van der Waals surface area contributed by atoms with E-state index in [-0.39, 0.29) is 11.3 Å². The van der Waals surface area contributed by atoms with Crippen molar-refractivity contribution in [2.75, 3.05) is 24.5 Å². The standard InChI is InChI=1S/C16H24N4O3/c1-3-4-14(21)16(23)17-10-12-5-7-20(8-6-12)13-9-15(22)19(2)18-11-13/h9,11-12H,3-8,10H2,1-2H3,(H,17,23). The summed E-state index contributed by atoms with van der Waals surface area (Å²) in [5.41, 5.74) is 0.722. The Morgan fingerprint density at radius 1 is 1.35 bits per heavy atom. The average Bonchev–Trinajstić information content (AvgIpc) is 2.56. The van der Waals surface area contributed by atoms with Crippen LogP contribution in [0.2, 0.25) is 0 Å². The zero-order valence-corrected chi connectivity index (χ0v) is 13.7. The lowest BCUT2D eigenvalue weighted by Gasteiger charge is -2.33. The van der Waals surface area contributed by atoms with E-state index in [4.69, 9.17) is 0 Å². The summed E-state index contributed by atoms with van der Waals surface area (Å²) in [6, 6.07) is 1.60. The van der Waals surface area contributed by atoms with Crippen LogP contribution in [0.15, 0.2) is 17.1 Å². The summed E-state index contributed by atoms with van der Waals surface area (Å²) in [6.45, 7) is 4.06. The van der Waals surface area contributed by atoms with Crippen molar-refractivity contribution in [3.8, 4) is 0 Å². The maximum atomic E-state index is 11.6. The summed E-state index contributed by atoms with van der Waals surface area (Å²) in [5.74, 6) is -0.440. The molecule has 0 aliphatic carbocycles. The fraction of sp³-hybridized carbons (Fsp3) is 0.625. The molecule has 2 rings (SSSR count).